The van der Waals surface area contributed by atoms with Gasteiger partial charge >= 0.3 is 11.9 Å². The molecule has 19 heavy (non-hydrogen) atoms. The summed E-state index contributed by atoms with van der Waals surface area (Å²) >= 11 is 0. The third kappa shape index (κ3) is 1.70. The van der Waals surface area contributed by atoms with E-state index in [1.807, 2.05) is 6.92 Å². The van der Waals surface area contributed by atoms with Crippen LogP contribution in [0.15, 0.2) is 0 Å². The van der Waals surface area contributed by atoms with Crippen LogP contribution in [0.25, 0.3) is 0 Å². The Labute approximate surface area is 111 Å². The molecule has 104 valence electrons. The number of rotatable bonds is 1. The van der Waals surface area contributed by atoms with Crippen LogP contribution in [-0.4, -0.2) is 30.9 Å². The van der Waals surface area contributed by atoms with E-state index in [-0.39, 0.29) is 53.4 Å². The van der Waals surface area contributed by atoms with E-state index in [1.54, 1.807) is 0 Å². The van der Waals surface area contributed by atoms with Crippen molar-refractivity contribution in [1.29, 1.82) is 0 Å². The topological polar surface area (TPSA) is 69.7 Å². The molecule has 1 spiro atoms. The van der Waals surface area contributed by atoms with Crippen molar-refractivity contribution in [2.45, 2.75) is 38.7 Å². The molecule has 1 saturated heterocycles. The summed E-state index contributed by atoms with van der Waals surface area (Å²) in [5.74, 6) is -0.831. The van der Waals surface area contributed by atoms with E-state index in [0.717, 1.165) is 0 Å². The van der Waals surface area contributed by atoms with Crippen LogP contribution in [0.4, 0.5) is 0 Å². The molecule has 1 heterocycles. The van der Waals surface area contributed by atoms with Gasteiger partial charge in [0.1, 0.15) is 11.9 Å². The first-order chi connectivity index (χ1) is 8.97. The molecular formula is C14H18O5. The Hall–Kier alpha value is -1.39. The number of fused-ring (bicyclic) bond motifs is 1. The molecule has 2 aliphatic carbocycles. The van der Waals surface area contributed by atoms with E-state index in [0.29, 0.717) is 19.3 Å². The van der Waals surface area contributed by atoms with Crippen molar-refractivity contribution in [3.8, 4) is 0 Å². The molecule has 0 N–H and O–H groups in total. The monoisotopic (exact) mass is 266 g/mol. The molecule has 1 aliphatic heterocycles. The summed E-state index contributed by atoms with van der Waals surface area (Å²) in [6, 6.07) is 0. The molecule has 3 fully saturated rings. The van der Waals surface area contributed by atoms with Gasteiger partial charge in [-0.3, -0.25) is 14.4 Å². The second kappa shape index (κ2) is 4.05. The number of carbonyl (C=O) groups is 3. The van der Waals surface area contributed by atoms with Crippen LogP contribution in [0.5, 0.6) is 0 Å². The third-order valence-corrected chi connectivity index (χ3v) is 5.23. The van der Waals surface area contributed by atoms with Gasteiger partial charge in [0.25, 0.3) is 0 Å². The van der Waals surface area contributed by atoms with Gasteiger partial charge in [-0.05, 0) is 17.8 Å². The van der Waals surface area contributed by atoms with Gasteiger partial charge in [-0.25, -0.2) is 0 Å². The van der Waals surface area contributed by atoms with Crippen molar-refractivity contribution >= 4 is 17.7 Å². The van der Waals surface area contributed by atoms with E-state index < -0.39 is 0 Å². The van der Waals surface area contributed by atoms with Gasteiger partial charge in [0, 0.05) is 18.8 Å². The summed E-state index contributed by atoms with van der Waals surface area (Å²) in [7, 11) is 1.37. The zero-order valence-corrected chi connectivity index (χ0v) is 11.2. The number of ketones is 1. The molecule has 0 unspecified atom stereocenters. The fourth-order valence-corrected chi connectivity index (χ4v) is 4.40. The summed E-state index contributed by atoms with van der Waals surface area (Å²) < 4.78 is 10.3. The number of esters is 2. The van der Waals surface area contributed by atoms with Crippen LogP contribution in [0.2, 0.25) is 0 Å². The maximum absolute atomic E-state index is 12.1. The van der Waals surface area contributed by atoms with Gasteiger partial charge in [-0.1, -0.05) is 6.92 Å². The lowest BCUT2D eigenvalue weighted by atomic mass is 9.56. The number of hydrogen-bond donors (Lipinski definition) is 0. The molecule has 0 aromatic heterocycles. The summed E-state index contributed by atoms with van der Waals surface area (Å²) in [6.45, 7) is 1.91. The Morgan fingerprint density at radius 3 is 2.79 bits per heavy atom. The van der Waals surface area contributed by atoms with E-state index in [9.17, 15) is 14.4 Å². The lowest BCUT2D eigenvalue weighted by Gasteiger charge is -2.51. The SMILES string of the molecule is COC(=O)[C@H]1[C@H](C)[C@H]2C[C@]3(CC(=O)C[C@@H]13)CC(=O)O2. The van der Waals surface area contributed by atoms with Crippen LogP contribution in [0.3, 0.4) is 0 Å². The Morgan fingerprint density at radius 2 is 2.11 bits per heavy atom. The average molecular weight is 266 g/mol. The van der Waals surface area contributed by atoms with Gasteiger partial charge in [0.2, 0.25) is 0 Å². The van der Waals surface area contributed by atoms with E-state index in [1.165, 1.54) is 7.11 Å². The fourth-order valence-electron chi connectivity index (χ4n) is 4.40. The minimum absolute atomic E-state index is 0.0634. The number of Topliss-reactive ketones (excluding diaryl/α,β-unsaturated/α-hetero) is 1. The zero-order chi connectivity index (χ0) is 13.8. The normalized spacial score (nSPS) is 44.5. The third-order valence-electron chi connectivity index (χ3n) is 5.23. The lowest BCUT2D eigenvalue weighted by molar-refractivity contribution is -0.192. The molecule has 0 radical (unpaired) electrons. The maximum atomic E-state index is 12.1. The summed E-state index contributed by atoms with van der Waals surface area (Å²) in [5, 5.41) is 0. The zero-order valence-electron chi connectivity index (χ0n) is 11.2. The minimum atomic E-state index is -0.359. The van der Waals surface area contributed by atoms with E-state index in [2.05, 4.69) is 0 Å². The van der Waals surface area contributed by atoms with Crippen LogP contribution >= 0.6 is 0 Å². The first-order valence-electron chi connectivity index (χ1n) is 6.76. The largest absolute Gasteiger partial charge is 0.469 e. The number of methoxy groups -OCH3 is 1. The Balaban J connectivity index is 2.02. The van der Waals surface area contributed by atoms with Crippen LogP contribution < -0.4 is 0 Å². The van der Waals surface area contributed by atoms with Gasteiger partial charge in [0.15, 0.2) is 0 Å². The highest BCUT2D eigenvalue weighted by Gasteiger charge is 2.62. The van der Waals surface area contributed by atoms with Crippen molar-refractivity contribution in [3.05, 3.63) is 0 Å². The highest BCUT2D eigenvalue weighted by atomic mass is 16.5. The molecule has 3 aliphatic rings. The van der Waals surface area contributed by atoms with E-state index >= 15 is 0 Å². The molecule has 0 aromatic carbocycles. The number of ether oxygens (including phenoxy) is 2. The Bertz CT molecular complexity index is 457. The van der Waals surface area contributed by atoms with Gasteiger partial charge in [-0.15, -0.1) is 0 Å². The molecule has 0 aromatic rings. The molecular weight excluding hydrogens is 248 g/mol. The predicted molar refractivity (Wildman–Crippen MR) is 63.9 cm³/mol. The van der Waals surface area contributed by atoms with Crippen molar-refractivity contribution in [2.75, 3.05) is 7.11 Å². The predicted octanol–water partition coefficient (Wildman–Crippen LogP) is 1.10. The molecule has 5 heteroatoms. The van der Waals surface area contributed by atoms with Gasteiger partial charge in [0.05, 0.1) is 19.4 Å². The smallest absolute Gasteiger partial charge is 0.309 e. The summed E-state index contributed by atoms with van der Waals surface area (Å²) in [6.07, 6.45) is 1.52. The lowest BCUT2D eigenvalue weighted by Crippen LogP contribution is -2.54. The molecule has 2 bridgehead atoms. The Morgan fingerprint density at radius 1 is 1.37 bits per heavy atom. The average Bonchev–Trinajstić information content (AvgIpc) is 2.64. The van der Waals surface area contributed by atoms with Crippen molar-refractivity contribution in [2.24, 2.45) is 23.2 Å². The molecule has 5 atom stereocenters. The highest BCUT2D eigenvalue weighted by Crippen LogP contribution is 2.59. The Kier molecular flexibility index (Phi) is 2.69. The van der Waals surface area contributed by atoms with Gasteiger partial charge in [-0.2, -0.15) is 0 Å². The van der Waals surface area contributed by atoms with Crippen molar-refractivity contribution in [3.63, 3.8) is 0 Å². The van der Waals surface area contributed by atoms with Crippen molar-refractivity contribution < 1.29 is 23.9 Å². The molecule has 5 nitrogen and oxygen atoms in total. The van der Waals surface area contributed by atoms with Crippen LogP contribution in [0.1, 0.15) is 32.6 Å². The molecule has 3 rings (SSSR count). The first kappa shape index (κ1) is 12.6. The molecule has 0 amide bonds. The standard InChI is InChI=1S/C14H18O5/c1-7-10-5-14(6-11(16)19-10)4-8(15)3-9(14)12(7)13(17)18-2/h7,9-10,12H,3-6H2,1-2H3/t7-,9+,10-,12+,14-/m1/s1. The van der Waals surface area contributed by atoms with Crippen LogP contribution in [0, 0.1) is 23.2 Å². The highest BCUT2D eigenvalue weighted by molar-refractivity contribution is 5.86. The first-order valence-corrected chi connectivity index (χ1v) is 6.76. The summed E-state index contributed by atoms with van der Waals surface area (Å²) in [4.78, 5) is 35.7. The number of carbonyl (C=O) groups excluding carboxylic acids is 3. The second-order valence-corrected chi connectivity index (χ2v) is 6.21. The maximum Gasteiger partial charge on any atom is 0.309 e. The van der Waals surface area contributed by atoms with Crippen LogP contribution in [-0.2, 0) is 23.9 Å². The fraction of sp³-hybridized carbons (Fsp3) is 0.786. The second-order valence-electron chi connectivity index (χ2n) is 6.21. The number of hydrogen-bond acceptors (Lipinski definition) is 5. The van der Waals surface area contributed by atoms with E-state index in [4.69, 9.17) is 9.47 Å². The quantitative estimate of drug-likeness (QED) is 0.665. The minimum Gasteiger partial charge on any atom is -0.469 e. The summed E-state index contributed by atoms with van der Waals surface area (Å²) in [5.41, 5.74) is -0.359. The van der Waals surface area contributed by atoms with Gasteiger partial charge < -0.3 is 9.47 Å². The molecule has 2 saturated carbocycles. The van der Waals surface area contributed by atoms with Crippen molar-refractivity contribution in [1.82, 2.24) is 0 Å².